The fourth-order valence-electron chi connectivity index (χ4n) is 5.83. The van der Waals surface area contributed by atoms with Crippen molar-refractivity contribution < 1.29 is 14.3 Å². The summed E-state index contributed by atoms with van der Waals surface area (Å²) in [4.78, 5) is 37.6. The highest BCUT2D eigenvalue weighted by Gasteiger charge is 2.34. The maximum atomic E-state index is 12.9. The molecule has 1 aliphatic carbocycles. The Kier molecular flexibility index (Phi) is 6.75. The summed E-state index contributed by atoms with van der Waals surface area (Å²) in [5, 5.41) is 0. The maximum absolute atomic E-state index is 12.9. The van der Waals surface area contributed by atoms with Crippen LogP contribution in [0.25, 0.3) is 0 Å². The molecule has 2 amide bonds. The van der Waals surface area contributed by atoms with Crippen LogP contribution in [0.15, 0.2) is 42.6 Å². The quantitative estimate of drug-likeness (QED) is 0.637. The first-order chi connectivity index (χ1) is 16.9. The smallest absolute Gasteiger partial charge is 0.237 e. The summed E-state index contributed by atoms with van der Waals surface area (Å²) < 4.78 is 5.73. The van der Waals surface area contributed by atoms with Crippen molar-refractivity contribution in [3.8, 4) is 0 Å². The zero-order chi connectivity index (χ0) is 24.5. The van der Waals surface area contributed by atoms with Gasteiger partial charge in [0.1, 0.15) is 5.82 Å². The van der Waals surface area contributed by atoms with Gasteiger partial charge in [0.05, 0.1) is 31.5 Å². The Labute approximate surface area is 207 Å². The first-order valence-corrected chi connectivity index (χ1v) is 12.5. The van der Waals surface area contributed by atoms with E-state index in [4.69, 9.17) is 9.72 Å². The molecular formula is C27H35N5O3. The number of hydrogen-bond donors (Lipinski definition) is 0. The third-order valence-electron chi connectivity index (χ3n) is 7.81. The first kappa shape index (κ1) is 23.8. The van der Waals surface area contributed by atoms with Crippen LogP contribution in [0.5, 0.6) is 0 Å². The molecule has 3 heterocycles. The maximum Gasteiger partial charge on any atom is 0.237 e. The molecule has 1 unspecified atom stereocenters. The van der Waals surface area contributed by atoms with Crippen molar-refractivity contribution in [3.63, 3.8) is 0 Å². The van der Waals surface area contributed by atoms with Gasteiger partial charge in [-0.3, -0.25) is 19.4 Å². The van der Waals surface area contributed by atoms with Gasteiger partial charge >= 0.3 is 0 Å². The Morgan fingerprint density at radius 3 is 2.49 bits per heavy atom. The van der Waals surface area contributed by atoms with Gasteiger partial charge in [-0.1, -0.05) is 24.3 Å². The van der Waals surface area contributed by atoms with Gasteiger partial charge in [-0.25, -0.2) is 4.98 Å². The summed E-state index contributed by atoms with van der Waals surface area (Å²) in [6.45, 7) is 2.28. The molecule has 0 spiro atoms. The lowest BCUT2D eigenvalue weighted by molar-refractivity contribution is -0.125. The van der Waals surface area contributed by atoms with Gasteiger partial charge in [-0.15, -0.1) is 0 Å². The van der Waals surface area contributed by atoms with E-state index in [2.05, 4.69) is 16.8 Å². The van der Waals surface area contributed by atoms with Gasteiger partial charge < -0.3 is 14.5 Å². The average molecular weight is 478 g/mol. The van der Waals surface area contributed by atoms with E-state index >= 15 is 0 Å². The highest BCUT2D eigenvalue weighted by molar-refractivity contribution is 5.97. The minimum atomic E-state index is -0.446. The van der Waals surface area contributed by atoms with E-state index in [1.54, 1.807) is 18.2 Å². The molecule has 2 aliphatic heterocycles. The Morgan fingerprint density at radius 2 is 1.83 bits per heavy atom. The number of ether oxygens (including phenoxy) is 1. The van der Waals surface area contributed by atoms with E-state index in [9.17, 15) is 9.59 Å². The molecule has 2 fully saturated rings. The van der Waals surface area contributed by atoms with Crippen LogP contribution in [0.4, 0.5) is 11.5 Å². The Morgan fingerprint density at radius 1 is 1.06 bits per heavy atom. The van der Waals surface area contributed by atoms with Crippen molar-refractivity contribution in [2.75, 3.05) is 50.8 Å². The van der Waals surface area contributed by atoms with Crippen LogP contribution in [-0.2, 0) is 20.7 Å². The number of benzene rings is 1. The summed E-state index contributed by atoms with van der Waals surface area (Å²) >= 11 is 0. The molecule has 2 aromatic rings. The lowest BCUT2D eigenvalue weighted by atomic mass is 9.85. The molecule has 1 saturated heterocycles. The molecule has 5 rings (SSSR count). The molecule has 1 atom stereocenters. The lowest BCUT2D eigenvalue weighted by Crippen LogP contribution is -2.41. The molecule has 1 aromatic carbocycles. The van der Waals surface area contributed by atoms with Gasteiger partial charge in [0.2, 0.25) is 11.8 Å². The van der Waals surface area contributed by atoms with Crippen molar-refractivity contribution in [2.45, 2.75) is 44.4 Å². The summed E-state index contributed by atoms with van der Waals surface area (Å²) in [6.07, 6.45) is 6.31. The minimum absolute atomic E-state index is 0.0149. The normalized spacial score (nSPS) is 25.2. The number of aromatic nitrogens is 1. The highest BCUT2D eigenvalue weighted by Crippen LogP contribution is 2.35. The molecule has 1 saturated carbocycles. The van der Waals surface area contributed by atoms with Crippen molar-refractivity contribution in [1.29, 1.82) is 0 Å². The van der Waals surface area contributed by atoms with E-state index in [0.717, 1.165) is 48.7 Å². The third kappa shape index (κ3) is 4.77. The minimum Gasteiger partial charge on any atom is -0.359 e. The first-order valence-electron chi connectivity index (χ1n) is 12.5. The monoisotopic (exact) mass is 477 g/mol. The third-order valence-corrected chi connectivity index (χ3v) is 7.81. The zero-order valence-corrected chi connectivity index (χ0v) is 20.9. The number of anilines is 2. The number of methoxy groups -OCH3 is 1. The van der Waals surface area contributed by atoms with Gasteiger partial charge in [-0.2, -0.15) is 0 Å². The molecule has 3 aliphatic rings. The second-order valence-corrected chi connectivity index (χ2v) is 10.1. The summed E-state index contributed by atoms with van der Waals surface area (Å²) in [5.74, 6) is 1.77. The van der Waals surface area contributed by atoms with Crippen LogP contribution in [0, 0.1) is 5.92 Å². The van der Waals surface area contributed by atoms with E-state index in [1.165, 1.54) is 12.8 Å². The zero-order valence-electron chi connectivity index (χ0n) is 20.9. The van der Waals surface area contributed by atoms with Crippen molar-refractivity contribution in [1.82, 2.24) is 14.8 Å². The van der Waals surface area contributed by atoms with Gasteiger partial charge in [-0.05, 0) is 49.3 Å². The van der Waals surface area contributed by atoms with Crippen LogP contribution >= 0.6 is 0 Å². The molecule has 0 bridgehead atoms. The van der Waals surface area contributed by atoms with Crippen LogP contribution in [0.1, 0.15) is 43.0 Å². The fourth-order valence-corrected chi connectivity index (χ4v) is 5.83. The van der Waals surface area contributed by atoms with Crippen LogP contribution in [0.2, 0.25) is 0 Å². The second kappa shape index (κ2) is 9.95. The van der Waals surface area contributed by atoms with Crippen molar-refractivity contribution in [3.05, 3.63) is 53.7 Å². The molecule has 0 N–H and O–H groups in total. The number of amides is 2. The van der Waals surface area contributed by atoms with Crippen LogP contribution in [0.3, 0.4) is 0 Å². The molecular weight excluding hydrogens is 442 g/mol. The largest absolute Gasteiger partial charge is 0.359 e. The second-order valence-electron chi connectivity index (χ2n) is 10.1. The Balaban J connectivity index is 1.19. The van der Waals surface area contributed by atoms with E-state index < -0.39 is 6.23 Å². The average Bonchev–Trinajstić information content (AvgIpc) is 3.21. The van der Waals surface area contributed by atoms with E-state index in [0.29, 0.717) is 24.9 Å². The molecule has 1 aromatic heterocycles. The molecule has 8 nitrogen and oxygen atoms in total. The standard InChI is InChI=1S/C27H35N5O3/c1-29(16-19-8-10-21(11-9-19)31-17-26(34)30(2)18-31)24-13-12-22(15-28-24)32-25(33)14-20-6-4-5-7-23(20)27(32)35-3/h4-7,12-13,15,19,21,27H,8-11,14,16-18H2,1-3H3. The summed E-state index contributed by atoms with van der Waals surface area (Å²) in [5.41, 5.74) is 2.79. The number of pyridine rings is 1. The van der Waals surface area contributed by atoms with Gasteiger partial charge in [0.25, 0.3) is 0 Å². The fraction of sp³-hybridized carbons (Fsp3) is 0.519. The molecule has 8 heteroatoms. The van der Waals surface area contributed by atoms with E-state index in [1.807, 2.05) is 48.3 Å². The molecule has 186 valence electrons. The Hall–Kier alpha value is -2.97. The Bertz CT molecular complexity index is 1070. The van der Waals surface area contributed by atoms with Crippen molar-refractivity contribution in [2.24, 2.45) is 5.92 Å². The molecule has 35 heavy (non-hydrogen) atoms. The number of fused-ring (bicyclic) bond motifs is 1. The topological polar surface area (TPSA) is 69.2 Å². The van der Waals surface area contributed by atoms with Gasteiger partial charge in [0, 0.05) is 39.4 Å². The number of rotatable bonds is 6. The van der Waals surface area contributed by atoms with Crippen LogP contribution < -0.4 is 9.80 Å². The van der Waals surface area contributed by atoms with Crippen LogP contribution in [-0.4, -0.2) is 73.6 Å². The predicted octanol–water partition coefficient (Wildman–Crippen LogP) is 3.04. The lowest BCUT2D eigenvalue weighted by Gasteiger charge is -2.36. The summed E-state index contributed by atoms with van der Waals surface area (Å²) in [7, 11) is 5.61. The van der Waals surface area contributed by atoms with E-state index in [-0.39, 0.29) is 11.8 Å². The number of nitrogens with zero attached hydrogens (tertiary/aromatic N) is 5. The predicted molar refractivity (Wildman–Crippen MR) is 135 cm³/mol. The van der Waals surface area contributed by atoms with Crippen molar-refractivity contribution >= 4 is 23.3 Å². The summed E-state index contributed by atoms with van der Waals surface area (Å²) in [6, 6.07) is 12.4. The number of carbonyl (C=O) groups is 2. The highest BCUT2D eigenvalue weighted by atomic mass is 16.5. The molecule has 0 radical (unpaired) electrons. The van der Waals surface area contributed by atoms with Gasteiger partial charge in [0.15, 0.2) is 6.23 Å². The number of likely N-dealkylation sites (N-methyl/N-ethyl adjacent to an activating group) is 1. The number of carbonyl (C=O) groups excluding carboxylic acids is 2. The SMILES string of the molecule is COC1c2ccccc2CC(=O)N1c1ccc(N(C)CC2CCC(N3CC(=O)N(C)C3)CC2)nc1. The number of hydrogen-bond acceptors (Lipinski definition) is 6.